The van der Waals surface area contributed by atoms with Gasteiger partial charge in [-0.2, -0.15) is 0 Å². The van der Waals surface area contributed by atoms with Crippen molar-refractivity contribution in [1.82, 2.24) is 9.80 Å². The fourth-order valence-corrected chi connectivity index (χ4v) is 6.16. The number of anilines is 1. The summed E-state index contributed by atoms with van der Waals surface area (Å²) in [7, 11) is 3.52. The lowest BCUT2D eigenvalue weighted by molar-refractivity contribution is -0.138. The molecule has 2 aromatic carbocycles. The molecule has 2 amide bonds. The number of hydrogen-bond acceptors (Lipinski definition) is 4. The molecule has 0 unspecified atom stereocenters. The van der Waals surface area contributed by atoms with Gasteiger partial charge in [-0.1, -0.05) is 37.5 Å². The van der Waals surface area contributed by atoms with Crippen molar-refractivity contribution < 1.29 is 14.7 Å². The molecular weight excluding hydrogens is 426 g/mol. The van der Waals surface area contributed by atoms with Gasteiger partial charge in [-0.15, -0.1) is 0 Å². The number of carbonyl (C=O) groups is 2. The van der Waals surface area contributed by atoms with Gasteiger partial charge in [0.15, 0.2) is 0 Å². The van der Waals surface area contributed by atoms with Gasteiger partial charge in [0, 0.05) is 43.7 Å². The van der Waals surface area contributed by atoms with Crippen molar-refractivity contribution in [2.24, 2.45) is 11.8 Å². The second kappa shape index (κ2) is 9.41. The van der Waals surface area contributed by atoms with Crippen LogP contribution >= 0.6 is 0 Å². The molecule has 34 heavy (non-hydrogen) atoms. The lowest BCUT2D eigenvalue weighted by atomic mass is 9.81. The quantitative estimate of drug-likeness (QED) is 0.712. The topological polar surface area (TPSA) is 72.9 Å². The zero-order valence-corrected chi connectivity index (χ0v) is 20.2. The summed E-state index contributed by atoms with van der Waals surface area (Å²) in [6.45, 7) is 0.807. The van der Waals surface area contributed by atoms with E-state index in [0.717, 1.165) is 61.0 Å². The number of hydrogen-bond donors (Lipinski definition) is 2. The summed E-state index contributed by atoms with van der Waals surface area (Å²) in [4.78, 5) is 29.8. The monoisotopic (exact) mass is 461 g/mol. The zero-order chi connectivity index (χ0) is 23.8. The van der Waals surface area contributed by atoms with Gasteiger partial charge in [0.05, 0.1) is 18.7 Å². The molecule has 1 aliphatic carbocycles. The number of amides is 2. The minimum Gasteiger partial charge on any atom is -0.394 e. The van der Waals surface area contributed by atoms with Gasteiger partial charge in [-0.05, 0) is 60.2 Å². The normalized spacial score (nSPS) is 24.2. The maximum atomic E-state index is 13.6. The van der Waals surface area contributed by atoms with Crippen LogP contribution in [0.4, 0.5) is 5.69 Å². The molecule has 180 valence electrons. The predicted octanol–water partition coefficient (Wildman–Crippen LogP) is 4.31. The fraction of sp³-hybridized carbons (Fsp3) is 0.500. The second-order valence-electron chi connectivity index (χ2n) is 10.3. The van der Waals surface area contributed by atoms with Crippen molar-refractivity contribution in [2.75, 3.05) is 32.6 Å². The Morgan fingerprint density at radius 2 is 1.79 bits per heavy atom. The SMILES string of the molecule is CN(C)C(=O)c1cccc(-c2ccc3c(c2)[C@H]2[C@H](CCN2C(=O)C2CCCCC2)[C@@H](CO)N3)c1. The largest absolute Gasteiger partial charge is 0.394 e. The molecule has 0 spiro atoms. The molecule has 2 fully saturated rings. The summed E-state index contributed by atoms with van der Waals surface area (Å²) in [5.41, 5.74) is 4.80. The number of benzene rings is 2. The van der Waals surface area contributed by atoms with Crippen LogP contribution in [0.5, 0.6) is 0 Å². The van der Waals surface area contributed by atoms with E-state index in [4.69, 9.17) is 0 Å². The van der Waals surface area contributed by atoms with Gasteiger partial charge < -0.3 is 20.2 Å². The first-order valence-electron chi connectivity index (χ1n) is 12.6. The highest BCUT2D eigenvalue weighted by Gasteiger charge is 2.46. The van der Waals surface area contributed by atoms with Crippen molar-refractivity contribution in [3.05, 3.63) is 53.6 Å². The Morgan fingerprint density at radius 1 is 1.03 bits per heavy atom. The van der Waals surface area contributed by atoms with E-state index >= 15 is 0 Å². The maximum Gasteiger partial charge on any atom is 0.253 e. The van der Waals surface area contributed by atoms with E-state index in [2.05, 4.69) is 28.4 Å². The minimum absolute atomic E-state index is 0.0191. The van der Waals surface area contributed by atoms with Crippen molar-refractivity contribution in [3.63, 3.8) is 0 Å². The highest BCUT2D eigenvalue weighted by Crippen LogP contribution is 2.48. The number of aliphatic hydroxyl groups excluding tert-OH is 1. The van der Waals surface area contributed by atoms with Crippen molar-refractivity contribution in [3.8, 4) is 11.1 Å². The highest BCUT2D eigenvalue weighted by molar-refractivity contribution is 5.95. The lowest BCUT2D eigenvalue weighted by Crippen LogP contribution is -2.44. The molecular formula is C28H35N3O3. The summed E-state index contributed by atoms with van der Waals surface area (Å²) in [5, 5.41) is 13.6. The molecule has 6 heteroatoms. The Labute approximate surface area is 201 Å². The van der Waals surface area contributed by atoms with E-state index in [1.165, 1.54) is 6.42 Å². The van der Waals surface area contributed by atoms with Gasteiger partial charge in [0.1, 0.15) is 0 Å². The fourth-order valence-electron chi connectivity index (χ4n) is 6.16. The molecule has 0 bridgehead atoms. The average Bonchev–Trinajstić information content (AvgIpc) is 3.33. The van der Waals surface area contributed by atoms with E-state index in [9.17, 15) is 14.7 Å². The van der Waals surface area contributed by atoms with E-state index in [1.54, 1.807) is 19.0 Å². The minimum atomic E-state index is -0.0476. The molecule has 2 N–H and O–H groups in total. The summed E-state index contributed by atoms with van der Waals surface area (Å²) in [5.74, 6) is 0.602. The number of rotatable bonds is 4. The maximum absolute atomic E-state index is 13.6. The number of fused-ring (bicyclic) bond motifs is 3. The van der Waals surface area contributed by atoms with Crippen molar-refractivity contribution >= 4 is 17.5 Å². The highest BCUT2D eigenvalue weighted by atomic mass is 16.3. The summed E-state index contributed by atoms with van der Waals surface area (Å²) in [6, 6.07) is 14.0. The Bertz CT molecular complexity index is 1080. The van der Waals surface area contributed by atoms with Gasteiger partial charge in [-0.25, -0.2) is 0 Å². The van der Waals surface area contributed by atoms with Gasteiger partial charge >= 0.3 is 0 Å². The molecule has 1 saturated heterocycles. The Hall–Kier alpha value is -2.86. The van der Waals surface area contributed by atoms with Crippen LogP contribution in [-0.4, -0.2) is 60.0 Å². The standard InChI is InChI=1S/C28H35N3O3/c1-30(2)27(33)21-10-6-9-19(15-21)20-11-12-24-23(16-20)26-22(25(17-32)29-24)13-14-31(26)28(34)18-7-4-3-5-8-18/h6,9-12,15-16,18,22,25-26,29,32H,3-5,7-8,13-14,17H2,1-2H3/t22-,25-,26-/m1/s1. The Balaban J connectivity index is 1.51. The van der Waals surface area contributed by atoms with Crippen molar-refractivity contribution in [1.29, 1.82) is 0 Å². The molecule has 5 rings (SSSR count). The predicted molar refractivity (Wildman–Crippen MR) is 134 cm³/mol. The number of carbonyl (C=O) groups excluding carboxylic acids is 2. The molecule has 6 nitrogen and oxygen atoms in total. The third-order valence-electron chi connectivity index (χ3n) is 7.96. The van der Waals surface area contributed by atoms with Crippen LogP contribution in [0, 0.1) is 11.8 Å². The van der Waals surface area contributed by atoms with Crippen LogP contribution in [0.1, 0.15) is 60.5 Å². The van der Waals surface area contributed by atoms with E-state index < -0.39 is 0 Å². The first-order valence-corrected chi connectivity index (χ1v) is 12.6. The smallest absolute Gasteiger partial charge is 0.253 e. The third kappa shape index (κ3) is 4.09. The molecule has 2 aliphatic heterocycles. The van der Waals surface area contributed by atoms with Gasteiger partial charge in [0.2, 0.25) is 5.91 Å². The van der Waals surface area contributed by atoms with Crippen LogP contribution in [0.25, 0.3) is 11.1 Å². The molecule has 2 aromatic rings. The van der Waals surface area contributed by atoms with E-state index in [1.807, 2.05) is 24.3 Å². The number of nitrogens with zero attached hydrogens (tertiary/aromatic N) is 2. The van der Waals surface area contributed by atoms with E-state index in [0.29, 0.717) is 11.5 Å². The molecule has 0 aromatic heterocycles. The first kappa shape index (κ1) is 22.9. The third-order valence-corrected chi connectivity index (χ3v) is 7.96. The zero-order valence-electron chi connectivity index (χ0n) is 20.2. The van der Waals surface area contributed by atoms with Crippen LogP contribution in [0.15, 0.2) is 42.5 Å². The van der Waals surface area contributed by atoms with Crippen LogP contribution in [-0.2, 0) is 4.79 Å². The van der Waals surface area contributed by atoms with Crippen LogP contribution in [0.3, 0.4) is 0 Å². The van der Waals surface area contributed by atoms with Crippen LogP contribution in [0.2, 0.25) is 0 Å². The Morgan fingerprint density at radius 3 is 2.53 bits per heavy atom. The molecule has 0 radical (unpaired) electrons. The molecule has 3 aliphatic rings. The first-order chi connectivity index (χ1) is 16.5. The molecule has 3 atom stereocenters. The molecule has 2 heterocycles. The summed E-state index contributed by atoms with van der Waals surface area (Å²) < 4.78 is 0. The average molecular weight is 462 g/mol. The number of aliphatic hydroxyl groups is 1. The number of likely N-dealkylation sites (tertiary alicyclic amines) is 1. The molecule has 1 saturated carbocycles. The van der Waals surface area contributed by atoms with Crippen LogP contribution < -0.4 is 5.32 Å². The van der Waals surface area contributed by atoms with Crippen molar-refractivity contribution in [2.45, 2.75) is 50.6 Å². The lowest BCUT2D eigenvalue weighted by Gasteiger charge is -2.40. The van der Waals surface area contributed by atoms with Gasteiger partial charge in [-0.3, -0.25) is 9.59 Å². The Kier molecular flexibility index (Phi) is 6.34. The van der Waals surface area contributed by atoms with E-state index in [-0.39, 0.29) is 36.4 Å². The van der Waals surface area contributed by atoms with Gasteiger partial charge in [0.25, 0.3) is 5.91 Å². The summed E-state index contributed by atoms with van der Waals surface area (Å²) in [6.07, 6.45) is 6.40. The number of nitrogens with one attached hydrogen (secondary N) is 1. The summed E-state index contributed by atoms with van der Waals surface area (Å²) >= 11 is 0. The second-order valence-corrected chi connectivity index (χ2v) is 10.3.